The van der Waals surface area contributed by atoms with Gasteiger partial charge in [-0.1, -0.05) is 18.2 Å². The Morgan fingerprint density at radius 3 is 2.35 bits per heavy atom. The maximum absolute atomic E-state index is 12.5. The molecule has 1 aromatic carbocycles. The standard InChI is InChI=1S/C26H32N6O2/c33-25(27-17-21-6-8-22(9-7-21)26(34)31-10-3-4-11-31)20-30-15-13-29(14-16-30)18-23-19-32-12-2-1-5-24(32)28-23/h1-2,5-9,12,19H,3-4,10-11,13-18,20H2,(H,27,33). The molecule has 2 saturated heterocycles. The molecule has 2 amide bonds. The average molecular weight is 461 g/mol. The summed E-state index contributed by atoms with van der Waals surface area (Å²) < 4.78 is 2.05. The number of pyridine rings is 1. The number of likely N-dealkylation sites (tertiary alicyclic amines) is 1. The number of amides is 2. The zero-order valence-corrected chi connectivity index (χ0v) is 19.5. The number of carbonyl (C=O) groups excluding carboxylic acids is 2. The van der Waals surface area contributed by atoms with Gasteiger partial charge >= 0.3 is 0 Å². The molecule has 2 aromatic heterocycles. The Morgan fingerprint density at radius 2 is 1.62 bits per heavy atom. The molecule has 4 heterocycles. The normalized spacial score (nSPS) is 17.4. The van der Waals surface area contributed by atoms with E-state index in [1.807, 2.05) is 53.6 Å². The first-order chi connectivity index (χ1) is 16.6. The molecule has 8 heteroatoms. The van der Waals surface area contributed by atoms with E-state index in [1.54, 1.807) is 0 Å². The van der Waals surface area contributed by atoms with Crippen LogP contribution in [0, 0.1) is 0 Å². The highest BCUT2D eigenvalue weighted by molar-refractivity contribution is 5.94. The van der Waals surface area contributed by atoms with Gasteiger partial charge in [0.05, 0.1) is 12.2 Å². The van der Waals surface area contributed by atoms with Gasteiger partial charge in [-0.2, -0.15) is 0 Å². The minimum atomic E-state index is 0.0334. The second kappa shape index (κ2) is 10.4. The van der Waals surface area contributed by atoms with Crippen molar-refractivity contribution < 1.29 is 9.59 Å². The van der Waals surface area contributed by atoms with Crippen molar-refractivity contribution in [1.29, 1.82) is 0 Å². The van der Waals surface area contributed by atoms with Crippen molar-refractivity contribution in [3.63, 3.8) is 0 Å². The molecule has 0 spiro atoms. The number of imidazole rings is 1. The number of aromatic nitrogens is 2. The molecule has 34 heavy (non-hydrogen) atoms. The van der Waals surface area contributed by atoms with Crippen LogP contribution in [0.4, 0.5) is 0 Å². The maximum Gasteiger partial charge on any atom is 0.253 e. The van der Waals surface area contributed by atoms with Gasteiger partial charge in [0.25, 0.3) is 5.91 Å². The third-order valence-electron chi connectivity index (χ3n) is 6.72. The van der Waals surface area contributed by atoms with Crippen LogP contribution in [0.2, 0.25) is 0 Å². The number of hydrogen-bond acceptors (Lipinski definition) is 5. The van der Waals surface area contributed by atoms with Gasteiger partial charge in [-0.25, -0.2) is 4.98 Å². The second-order valence-electron chi connectivity index (χ2n) is 9.22. The minimum absolute atomic E-state index is 0.0334. The first-order valence-corrected chi connectivity index (χ1v) is 12.2. The first kappa shape index (κ1) is 22.6. The lowest BCUT2D eigenvalue weighted by molar-refractivity contribution is -0.122. The predicted octanol–water partition coefficient (Wildman–Crippen LogP) is 2.00. The predicted molar refractivity (Wildman–Crippen MR) is 130 cm³/mol. The van der Waals surface area contributed by atoms with Crippen molar-refractivity contribution in [2.75, 3.05) is 45.8 Å². The van der Waals surface area contributed by atoms with Crippen molar-refractivity contribution in [2.45, 2.75) is 25.9 Å². The van der Waals surface area contributed by atoms with Crippen LogP contribution in [0.3, 0.4) is 0 Å². The third kappa shape index (κ3) is 5.46. The van der Waals surface area contributed by atoms with E-state index in [2.05, 4.69) is 30.7 Å². The van der Waals surface area contributed by atoms with E-state index >= 15 is 0 Å². The van der Waals surface area contributed by atoms with E-state index in [-0.39, 0.29) is 11.8 Å². The molecule has 0 radical (unpaired) electrons. The molecule has 5 rings (SSSR count). The van der Waals surface area contributed by atoms with Gasteiger partial charge in [-0.15, -0.1) is 0 Å². The van der Waals surface area contributed by atoms with Gasteiger partial charge in [0, 0.05) is 70.3 Å². The molecule has 8 nitrogen and oxygen atoms in total. The summed E-state index contributed by atoms with van der Waals surface area (Å²) in [6.45, 7) is 7.01. The SMILES string of the molecule is O=C(CN1CCN(Cc2cn3ccccc3n2)CC1)NCc1ccc(C(=O)N2CCCC2)cc1. The molecule has 0 unspecified atom stereocenters. The Bertz CT molecular complexity index is 1090. The molecule has 0 aliphatic carbocycles. The monoisotopic (exact) mass is 460 g/mol. The van der Waals surface area contributed by atoms with Crippen molar-refractivity contribution >= 4 is 17.5 Å². The van der Waals surface area contributed by atoms with Crippen LogP contribution >= 0.6 is 0 Å². The fourth-order valence-electron chi connectivity index (χ4n) is 4.73. The molecule has 2 fully saturated rings. The lowest BCUT2D eigenvalue weighted by atomic mass is 10.1. The number of piperazine rings is 1. The summed E-state index contributed by atoms with van der Waals surface area (Å²) in [7, 11) is 0. The zero-order valence-electron chi connectivity index (χ0n) is 19.5. The smallest absolute Gasteiger partial charge is 0.253 e. The highest BCUT2D eigenvalue weighted by Gasteiger charge is 2.21. The quantitative estimate of drug-likeness (QED) is 0.584. The molecule has 0 saturated carbocycles. The fourth-order valence-corrected chi connectivity index (χ4v) is 4.73. The number of nitrogens with one attached hydrogen (secondary N) is 1. The Kier molecular flexibility index (Phi) is 6.87. The molecular weight excluding hydrogens is 428 g/mol. The average Bonchev–Trinajstić information content (AvgIpc) is 3.54. The number of rotatable bonds is 7. The van der Waals surface area contributed by atoms with E-state index in [1.165, 1.54) is 0 Å². The van der Waals surface area contributed by atoms with E-state index in [0.717, 1.165) is 81.1 Å². The summed E-state index contributed by atoms with van der Waals surface area (Å²) >= 11 is 0. The van der Waals surface area contributed by atoms with Crippen LogP contribution in [-0.4, -0.2) is 81.7 Å². The lowest BCUT2D eigenvalue weighted by Gasteiger charge is -2.33. The van der Waals surface area contributed by atoms with Gasteiger partial charge in [0.15, 0.2) is 0 Å². The Balaban J connectivity index is 1.03. The van der Waals surface area contributed by atoms with Crippen molar-refractivity contribution in [2.24, 2.45) is 0 Å². The van der Waals surface area contributed by atoms with Gasteiger partial charge in [0.2, 0.25) is 5.91 Å². The van der Waals surface area contributed by atoms with Crippen molar-refractivity contribution in [3.05, 3.63) is 71.7 Å². The van der Waals surface area contributed by atoms with Crippen LogP contribution in [0.1, 0.15) is 34.5 Å². The van der Waals surface area contributed by atoms with Gasteiger partial charge in [-0.05, 0) is 42.7 Å². The highest BCUT2D eigenvalue weighted by Crippen LogP contribution is 2.14. The Labute approximate surface area is 200 Å². The number of carbonyl (C=O) groups is 2. The first-order valence-electron chi connectivity index (χ1n) is 12.2. The molecule has 178 valence electrons. The molecular formula is C26H32N6O2. The van der Waals surface area contributed by atoms with Gasteiger partial charge in [0.1, 0.15) is 5.65 Å². The zero-order chi connectivity index (χ0) is 23.3. The topological polar surface area (TPSA) is 73.2 Å². The molecule has 0 bridgehead atoms. The largest absolute Gasteiger partial charge is 0.351 e. The fraction of sp³-hybridized carbons (Fsp3) is 0.423. The summed E-state index contributed by atoms with van der Waals surface area (Å²) in [5, 5.41) is 3.01. The van der Waals surface area contributed by atoms with Gasteiger partial charge < -0.3 is 14.6 Å². The van der Waals surface area contributed by atoms with E-state index in [9.17, 15) is 9.59 Å². The second-order valence-corrected chi connectivity index (χ2v) is 9.22. The van der Waals surface area contributed by atoms with E-state index < -0.39 is 0 Å². The van der Waals surface area contributed by atoms with Crippen LogP contribution in [0.5, 0.6) is 0 Å². The van der Waals surface area contributed by atoms with E-state index in [0.29, 0.717) is 13.1 Å². The van der Waals surface area contributed by atoms with Crippen LogP contribution in [0.25, 0.3) is 5.65 Å². The van der Waals surface area contributed by atoms with Crippen LogP contribution in [0.15, 0.2) is 54.9 Å². The third-order valence-corrected chi connectivity index (χ3v) is 6.72. The molecule has 2 aliphatic rings. The molecule has 1 N–H and O–H groups in total. The maximum atomic E-state index is 12.5. The summed E-state index contributed by atoms with van der Waals surface area (Å²) in [5.74, 6) is 0.138. The van der Waals surface area contributed by atoms with Crippen LogP contribution in [-0.2, 0) is 17.9 Å². The number of nitrogens with zero attached hydrogens (tertiary/aromatic N) is 5. The highest BCUT2D eigenvalue weighted by atomic mass is 16.2. The number of fused-ring (bicyclic) bond motifs is 1. The van der Waals surface area contributed by atoms with Crippen LogP contribution < -0.4 is 5.32 Å². The molecule has 0 atom stereocenters. The number of benzene rings is 1. The Morgan fingerprint density at radius 1 is 0.882 bits per heavy atom. The summed E-state index contributed by atoms with van der Waals surface area (Å²) in [6, 6.07) is 13.6. The number of hydrogen-bond donors (Lipinski definition) is 1. The lowest BCUT2D eigenvalue weighted by Crippen LogP contribution is -2.49. The van der Waals surface area contributed by atoms with Crippen molar-refractivity contribution in [1.82, 2.24) is 29.4 Å². The summed E-state index contributed by atoms with van der Waals surface area (Å²) in [4.78, 5) is 36.1. The molecule has 3 aromatic rings. The summed E-state index contributed by atoms with van der Waals surface area (Å²) in [5.41, 5.74) is 3.77. The van der Waals surface area contributed by atoms with Crippen molar-refractivity contribution in [3.8, 4) is 0 Å². The minimum Gasteiger partial charge on any atom is -0.351 e. The Hall–Kier alpha value is -3.23. The molecule has 2 aliphatic heterocycles. The van der Waals surface area contributed by atoms with Gasteiger partial charge in [-0.3, -0.25) is 19.4 Å². The van der Waals surface area contributed by atoms with E-state index in [4.69, 9.17) is 0 Å². The summed E-state index contributed by atoms with van der Waals surface area (Å²) in [6.07, 6.45) is 6.29.